The van der Waals surface area contributed by atoms with Crippen LogP contribution in [-0.4, -0.2) is 49.8 Å². The highest BCUT2D eigenvalue weighted by Gasteiger charge is 2.30. The standard InChI is InChI=1S/C15H17N3O5S2/c1-25(20,21)18-4-2-3-9(7-18)14(19)17-15-16-10-5-11-12(23-8-22-11)6-13(10)24-15/h5-6,9H,2-4,7-8H2,1H3,(H,16,17,19). The molecule has 1 amide bonds. The molecule has 0 bridgehead atoms. The SMILES string of the molecule is CS(=O)(=O)N1CCCC(C(=O)Nc2nc3cc4c(cc3s2)OCO4)C1. The number of ether oxygens (including phenoxy) is 2. The number of benzene rings is 1. The van der Waals surface area contributed by atoms with E-state index in [-0.39, 0.29) is 25.2 Å². The summed E-state index contributed by atoms with van der Waals surface area (Å²) in [5.41, 5.74) is 0.728. The molecule has 1 saturated heterocycles. The average molecular weight is 383 g/mol. The van der Waals surface area contributed by atoms with E-state index in [0.29, 0.717) is 36.0 Å². The summed E-state index contributed by atoms with van der Waals surface area (Å²) in [6.45, 7) is 0.884. The minimum Gasteiger partial charge on any atom is -0.454 e. The summed E-state index contributed by atoms with van der Waals surface area (Å²) < 4.78 is 36.3. The fourth-order valence-corrected chi connectivity index (χ4v) is 4.83. The smallest absolute Gasteiger partial charge is 0.231 e. The molecule has 2 aliphatic rings. The number of carbonyl (C=O) groups excluding carboxylic acids is 1. The topological polar surface area (TPSA) is 97.8 Å². The molecule has 0 aliphatic carbocycles. The van der Waals surface area contributed by atoms with Crippen molar-refractivity contribution in [3.63, 3.8) is 0 Å². The van der Waals surface area contributed by atoms with Crippen LogP contribution in [0.1, 0.15) is 12.8 Å². The molecule has 1 unspecified atom stereocenters. The third-order valence-corrected chi connectivity index (χ3v) is 6.54. The quantitative estimate of drug-likeness (QED) is 0.865. The van der Waals surface area contributed by atoms with E-state index in [9.17, 15) is 13.2 Å². The summed E-state index contributed by atoms with van der Waals surface area (Å²) in [5.74, 6) is 0.747. The van der Waals surface area contributed by atoms with Crippen LogP contribution in [-0.2, 0) is 14.8 Å². The number of piperidine rings is 1. The first-order valence-electron chi connectivity index (χ1n) is 7.86. The minimum atomic E-state index is -3.28. The first-order chi connectivity index (χ1) is 11.9. The molecule has 2 aromatic rings. The predicted molar refractivity (Wildman–Crippen MR) is 93.5 cm³/mol. The van der Waals surface area contributed by atoms with Gasteiger partial charge < -0.3 is 14.8 Å². The van der Waals surface area contributed by atoms with Crippen LogP contribution in [0.15, 0.2) is 12.1 Å². The number of nitrogens with one attached hydrogen (secondary N) is 1. The molecule has 0 radical (unpaired) electrons. The molecule has 1 fully saturated rings. The Morgan fingerprint density at radius 2 is 2.12 bits per heavy atom. The maximum atomic E-state index is 12.5. The molecule has 0 saturated carbocycles. The van der Waals surface area contributed by atoms with Gasteiger partial charge in [0, 0.05) is 25.2 Å². The number of rotatable bonds is 3. The third kappa shape index (κ3) is 3.29. The summed E-state index contributed by atoms with van der Waals surface area (Å²) in [6.07, 6.45) is 2.51. The molecule has 25 heavy (non-hydrogen) atoms. The monoisotopic (exact) mass is 383 g/mol. The van der Waals surface area contributed by atoms with Crippen molar-refractivity contribution in [3.05, 3.63) is 12.1 Å². The number of fused-ring (bicyclic) bond motifs is 2. The lowest BCUT2D eigenvalue weighted by Gasteiger charge is -2.29. The predicted octanol–water partition coefficient (Wildman–Crippen LogP) is 1.64. The van der Waals surface area contributed by atoms with Gasteiger partial charge in [-0.05, 0) is 12.8 Å². The molecule has 4 rings (SSSR count). The Kier molecular flexibility index (Phi) is 4.05. The Bertz CT molecular complexity index is 899. The number of thiazole rings is 1. The zero-order valence-electron chi connectivity index (χ0n) is 13.5. The molecule has 1 N–H and O–H groups in total. The molecular weight excluding hydrogens is 366 g/mol. The fourth-order valence-electron chi connectivity index (χ4n) is 3.04. The summed E-state index contributed by atoms with van der Waals surface area (Å²) in [6, 6.07) is 3.63. The largest absolute Gasteiger partial charge is 0.454 e. The summed E-state index contributed by atoms with van der Waals surface area (Å²) in [4.78, 5) is 16.9. The normalized spacial score (nSPS) is 20.8. The highest BCUT2D eigenvalue weighted by Crippen LogP contribution is 2.39. The molecule has 1 aromatic carbocycles. The van der Waals surface area contributed by atoms with E-state index < -0.39 is 10.0 Å². The average Bonchev–Trinajstić information content (AvgIpc) is 3.16. The molecule has 1 aromatic heterocycles. The Balaban J connectivity index is 1.50. The van der Waals surface area contributed by atoms with Crippen LogP contribution in [0.5, 0.6) is 11.5 Å². The Morgan fingerprint density at radius 1 is 1.36 bits per heavy atom. The second-order valence-corrected chi connectivity index (χ2v) is 9.15. The maximum absolute atomic E-state index is 12.5. The molecule has 134 valence electrons. The van der Waals surface area contributed by atoms with Gasteiger partial charge in [-0.2, -0.15) is 0 Å². The van der Waals surface area contributed by atoms with Crippen molar-refractivity contribution in [1.82, 2.24) is 9.29 Å². The van der Waals surface area contributed by atoms with E-state index >= 15 is 0 Å². The van der Waals surface area contributed by atoms with Crippen molar-refractivity contribution < 1.29 is 22.7 Å². The van der Waals surface area contributed by atoms with Gasteiger partial charge in [-0.25, -0.2) is 17.7 Å². The van der Waals surface area contributed by atoms with E-state index in [1.165, 1.54) is 21.9 Å². The van der Waals surface area contributed by atoms with Crippen molar-refractivity contribution in [1.29, 1.82) is 0 Å². The number of amides is 1. The Hall–Kier alpha value is -1.91. The van der Waals surface area contributed by atoms with Gasteiger partial charge in [0.1, 0.15) is 0 Å². The maximum Gasteiger partial charge on any atom is 0.231 e. The van der Waals surface area contributed by atoms with Crippen LogP contribution < -0.4 is 14.8 Å². The lowest BCUT2D eigenvalue weighted by Crippen LogP contribution is -2.43. The lowest BCUT2D eigenvalue weighted by molar-refractivity contribution is -0.120. The summed E-state index contributed by atoms with van der Waals surface area (Å²) in [5, 5.41) is 3.30. The van der Waals surface area contributed by atoms with Crippen molar-refractivity contribution in [2.45, 2.75) is 12.8 Å². The van der Waals surface area contributed by atoms with Crippen LogP contribution in [0.4, 0.5) is 5.13 Å². The van der Waals surface area contributed by atoms with Crippen LogP contribution in [0.3, 0.4) is 0 Å². The van der Waals surface area contributed by atoms with E-state index in [4.69, 9.17) is 9.47 Å². The lowest BCUT2D eigenvalue weighted by atomic mass is 9.99. The van der Waals surface area contributed by atoms with Crippen molar-refractivity contribution >= 4 is 42.6 Å². The second-order valence-electron chi connectivity index (χ2n) is 6.14. The highest BCUT2D eigenvalue weighted by atomic mass is 32.2. The minimum absolute atomic E-state index is 0.201. The summed E-state index contributed by atoms with van der Waals surface area (Å²) >= 11 is 1.35. The fraction of sp³-hybridized carbons (Fsp3) is 0.467. The van der Waals surface area contributed by atoms with Crippen molar-refractivity contribution in [3.8, 4) is 11.5 Å². The van der Waals surface area contributed by atoms with Crippen LogP contribution in [0, 0.1) is 5.92 Å². The number of hydrogen-bond donors (Lipinski definition) is 1. The molecular formula is C15H17N3O5S2. The van der Waals surface area contributed by atoms with Gasteiger partial charge in [0.2, 0.25) is 22.7 Å². The molecule has 3 heterocycles. The molecule has 0 spiro atoms. The zero-order valence-corrected chi connectivity index (χ0v) is 15.2. The molecule has 2 aliphatic heterocycles. The van der Waals surface area contributed by atoms with Gasteiger partial charge in [0.15, 0.2) is 16.6 Å². The molecule has 10 heteroatoms. The van der Waals surface area contributed by atoms with Gasteiger partial charge in [-0.1, -0.05) is 11.3 Å². The molecule has 8 nitrogen and oxygen atoms in total. The zero-order chi connectivity index (χ0) is 17.6. The molecule has 1 atom stereocenters. The van der Waals surface area contributed by atoms with Crippen LogP contribution >= 0.6 is 11.3 Å². The Morgan fingerprint density at radius 3 is 2.88 bits per heavy atom. The second kappa shape index (κ2) is 6.11. The van der Waals surface area contributed by atoms with E-state index in [1.807, 2.05) is 6.07 Å². The number of hydrogen-bond acceptors (Lipinski definition) is 7. The van der Waals surface area contributed by atoms with Crippen LogP contribution in [0.2, 0.25) is 0 Å². The van der Waals surface area contributed by atoms with Gasteiger partial charge in [0.05, 0.1) is 22.4 Å². The van der Waals surface area contributed by atoms with Crippen LogP contribution in [0.25, 0.3) is 10.2 Å². The van der Waals surface area contributed by atoms with E-state index in [0.717, 1.165) is 10.2 Å². The number of anilines is 1. The van der Waals surface area contributed by atoms with Gasteiger partial charge in [0.25, 0.3) is 0 Å². The van der Waals surface area contributed by atoms with Gasteiger partial charge in [-0.15, -0.1) is 0 Å². The number of sulfonamides is 1. The number of aromatic nitrogens is 1. The van der Waals surface area contributed by atoms with E-state index in [2.05, 4.69) is 10.3 Å². The first-order valence-corrected chi connectivity index (χ1v) is 10.5. The van der Waals surface area contributed by atoms with E-state index in [1.54, 1.807) is 6.07 Å². The number of carbonyl (C=O) groups is 1. The van der Waals surface area contributed by atoms with Crippen molar-refractivity contribution in [2.24, 2.45) is 5.92 Å². The van der Waals surface area contributed by atoms with Crippen molar-refractivity contribution in [2.75, 3.05) is 31.5 Å². The van der Waals surface area contributed by atoms with Gasteiger partial charge in [-0.3, -0.25) is 4.79 Å². The number of nitrogens with zero attached hydrogens (tertiary/aromatic N) is 2. The first kappa shape index (κ1) is 16.6. The summed E-state index contributed by atoms with van der Waals surface area (Å²) in [7, 11) is -3.28. The van der Waals surface area contributed by atoms with Gasteiger partial charge >= 0.3 is 0 Å². The Labute approximate surface area is 148 Å². The third-order valence-electron chi connectivity index (χ3n) is 4.34. The highest BCUT2D eigenvalue weighted by molar-refractivity contribution is 7.88.